The third-order valence-electron chi connectivity index (χ3n) is 4.67. The van der Waals surface area contributed by atoms with Crippen LogP contribution in [-0.4, -0.2) is 43.7 Å². The first-order valence-electron chi connectivity index (χ1n) is 7.76. The van der Waals surface area contributed by atoms with E-state index in [9.17, 15) is 0 Å². The molecule has 0 amide bonds. The number of hydrogen-bond donors (Lipinski definition) is 1. The number of anilines is 1. The highest BCUT2D eigenvalue weighted by molar-refractivity contribution is 6.31. The fraction of sp³-hybridized carbons (Fsp3) is 0.625. The van der Waals surface area contributed by atoms with E-state index >= 15 is 0 Å². The summed E-state index contributed by atoms with van der Waals surface area (Å²) in [7, 11) is 0. The quantitative estimate of drug-likeness (QED) is 0.929. The van der Waals surface area contributed by atoms with Crippen molar-refractivity contribution in [1.29, 1.82) is 0 Å². The molecule has 4 heteroatoms. The number of hydrogen-bond acceptors (Lipinski definition) is 3. The van der Waals surface area contributed by atoms with E-state index < -0.39 is 0 Å². The van der Waals surface area contributed by atoms with Crippen LogP contribution in [0.15, 0.2) is 18.2 Å². The second kappa shape index (κ2) is 6.33. The molecule has 20 heavy (non-hydrogen) atoms. The molecule has 0 spiro atoms. The van der Waals surface area contributed by atoms with Crippen LogP contribution < -0.4 is 10.6 Å². The normalized spacial score (nSPS) is 23.7. The van der Waals surface area contributed by atoms with E-state index in [2.05, 4.69) is 21.9 Å². The van der Waals surface area contributed by atoms with Gasteiger partial charge in [0.2, 0.25) is 0 Å². The largest absolute Gasteiger partial charge is 0.368 e. The lowest BCUT2D eigenvalue weighted by molar-refractivity contribution is 0.133. The molecular weight excluding hydrogens is 270 g/mol. The number of benzene rings is 1. The van der Waals surface area contributed by atoms with Crippen LogP contribution in [0.25, 0.3) is 0 Å². The third kappa shape index (κ3) is 2.80. The van der Waals surface area contributed by atoms with Gasteiger partial charge in [-0.15, -0.1) is 0 Å². The number of nitrogens with two attached hydrogens (primary N) is 1. The summed E-state index contributed by atoms with van der Waals surface area (Å²) in [5.74, 6) is 0. The molecule has 1 atom stereocenters. The number of fused-ring (bicyclic) bond motifs is 1. The van der Waals surface area contributed by atoms with Crippen molar-refractivity contribution in [1.82, 2.24) is 4.90 Å². The van der Waals surface area contributed by atoms with Crippen LogP contribution in [-0.2, 0) is 6.42 Å². The third-order valence-corrected chi connectivity index (χ3v) is 5.02. The lowest BCUT2D eigenvalue weighted by atomic mass is 9.98. The van der Waals surface area contributed by atoms with Crippen LogP contribution in [0.2, 0.25) is 5.02 Å². The van der Waals surface area contributed by atoms with Crippen LogP contribution in [0.1, 0.15) is 24.8 Å². The molecule has 0 aliphatic carbocycles. The Hall–Kier alpha value is -0.770. The van der Waals surface area contributed by atoms with E-state index in [0.717, 1.165) is 30.6 Å². The van der Waals surface area contributed by atoms with Gasteiger partial charge in [0.25, 0.3) is 0 Å². The zero-order valence-electron chi connectivity index (χ0n) is 12.0. The van der Waals surface area contributed by atoms with Gasteiger partial charge in [0.1, 0.15) is 0 Å². The minimum Gasteiger partial charge on any atom is -0.368 e. The first-order chi connectivity index (χ1) is 9.79. The highest BCUT2D eigenvalue weighted by atomic mass is 35.5. The Bertz CT molecular complexity index is 463. The Kier molecular flexibility index (Phi) is 4.49. The highest BCUT2D eigenvalue weighted by Gasteiger charge is 2.29. The Labute approximate surface area is 126 Å². The lowest BCUT2D eigenvalue weighted by Gasteiger charge is -2.45. The second-order valence-electron chi connectivity index (χ2n) is 5.91. The van der Waals surface area contributed by atoms with Gasteiger partial charge in [-0.1, -0.05) is 24.1 Å². The fourth-order valence-electron chi connectivity index (χ4n) is 3.61. The van der Waals surface area contributed by atoms with Gasteiger partial charge >= 0.3 is 0 Å². The van der Waals surface area contributed by atoms with Gasteiger partial charge in [-0.25, -0.2) is 0 Å². The van der Waals surface area contributed by atoms with Crippen molar-refractivity contribution >= 4 is 17.3 Å². The summed E-state index contributed by atoms with van der Waals surface area (Å²) >= 11 is 6.37. The number of piperazine rings is 1. The summed E-state index contributed by atoms with van der Waals surface area (Å²) in [6.45, 7) is 5.36. The summed E-state index contributed by atoms with van der Waals surface area (Å²) in [5, 5.41) is 0.860. The zero-order chi connectivity index (χ0) is 13.9. The molecule has 2 heterocycles. The van der Waals surface area contributed by atoms with Crippen LogP contribution in [0.5, 0.6) is 0 Å². The van der Waals surface area contributed by atoms with Gasteiger partial charge in [0.05, 0.1) is 0 Å². The minimum atomic E-state index is 0.653. The van der Waals surface area contributed by atoms with Crippen molar-refractivity contribution in [3.8, 4) is 0 Å². The van der Waals surface area contributed by atoms with E-state index in [4.69, 9.17) is 17.3 Å². The SMILES string of the molecule is NCCc1c(Cl)cccc1N1CCN2CCCCC2C1. The van der Waals surface area contributed by atoms with Gasteiger partial charge in [-0.2, -0.15) is 0 Å². The molecule has 1 aromatic carbocycles. The summed E-state index contributed by atoms with van der Waals surface area (Å²) in [6.07, 6.45) is 4.94. The van der Waals surface area contributed by atoms with Crippen molar-refractivity contribution in [2.75, 3.05) is 37.6 Å². The van der Waals surface area contributed by atoms with Crippen molar-refractivity contribution in [2.45, 2.75) is 31.7 Å². The van der Waals surface area contributed by atoms with Gasteiger partial charge < -0.3 is 10.6 Å². The van der Waals surface area contributed by atoms with E-state index in [0.29, 0.717) is 6.54 Å². The average molecular weight is 294 g/mol. The molecule has 2 fully saturated rings. The molecular formula is C16H24ClN3. The van der Waals surface area contributed by atoms with E-state index in [1.807, 2.05) is 6.07 Å². The molecule has 1 aromatic rings. The van der Waals surface area contributed by atoms with Crippen LogP contribution >= 0.6 is 11.6 Å². The first-order valence-corrected chi connectivity index (χ1v) is 8.14. The number of rotatable bonds is 3. The Morgan fingerprint density at radius 2 is 2.10 bits per heavy atom. The maximum atomic E-state index is 6.37. The van der Waals surface area contributed by atoms with Crippen LogP contribution in [0.3, 0.4) is 0 Å². The molecule has 2 N–H and O–H groups in total. The minimum absolute atomic E-state index is 0.653. The average Bonchev–Trinajstić information content (AvgIpc) is 2.49. The molecule has 0 bridgehead atoms. The summed E-state index contributed by atoms with van der Waals surface area (Å²) < 4.78 is 0. The smallest absolute Gasteiger partial charge is 0.0459 e. The zero-order valence-corrected chi connectivity index (χ0v) is 12.8. The highest BCUT2D eigenvalue weighted by Crippen LogP contribution is 2.31. The monoisotopic (exact) mass is 293 g/mol. The summed E-state index contributed by atoms with van der Waals surface area (Å²) in [6, 6.07) is 6.97. The van der Waals surface area contributed by atoms with Crippen molar-refractivity contribution < 1.29 is 0 Å². The summed E-state index contributed by atoms with van der Waals surface area (Å²) in [4.78, 5) is 5.18. The Balaban J connectivity index is 1.81. The number of piperidine rings is 1. The number of halogens is 1. The number of nitrogens with zero attached hydrogens (tertiary/aromatic N) is 2. The molecule has 1 unspecified atom stereocenters. The van der Waals surface area contributed by atoms with Crippen LogP contribution in [0.4, 0.5) is 5.69 Å². The summed E-state index contributed by atoms with van der Waals surface area (Å²) in [5.41, 5.74) is 8.27. The second-order valence-corrected chi connectivity index (χ2v) is 6.31. The Morgan fingerprint density at radius 1 is 1.20 bits per heavy atom. The van der Waals surface area contributed by atoms with Crippen molar-refractivity contribution in [3.63, 3.8) is 0 Å². The van der Waals surface area contributed by atoms with Gasteiger partial charge in [0.15, 0.2) is 0 Å². The fourth-order valence-corrected chi connectivity index (χ4v) is 3.87. The van der Waals surface area contributed by atoms with E-state index in [1.54, 1.807) is 0 Å². The molecule has 3 rings (SSSR count). The first kappa shape index (κ1) is 14.2. The Morgan fingerprint density at radius 3 is 2.95 bits per heavy atom. The predicted molar refractivity (Wildman–Crippen MR) is 85.6 cm³/mol. The maximum Gasteiger partial charge on any atom is 0.0459 e. The molecule has 0 aromatic heterocycles. The molecule has 2 aliphatic heterocycles. The lowest BCUT2D eigenvalue weighted by Crippen LogP contribution is -2.55. The van der Waals surface area contributed by atoms with Crippen molar-refractivity contribution in [3.05, 3.63) is 28.8 Å². The predicted octanol–water partition coefficient (Wildman–Crippen LogP) is 2.52. The molecule has 2 aliphatic rings. The van der Waals surface area contributed by atoms with Gasteiger partial charge in [-0.3, -0.25) is 4.90 Å². The molecule has 0 saturated carbocycles. The van der Waals surface area contributed by atoms with Gasteiger partial charge in [-0.05, 0) is 50.0 Å². The topological polar surface area (TPSA) is 32.5 Å². The molecule has 2 saturated heterocycles. The molecule has 0 radical (unpaired) electrons. The molecule has 110 valence electrons. The van der Waals surface area contributed by atoms with Crippen LogP contribution in [0, 0.1) is 0 Å². The standard InChI is InChI=1S/C16H24ClN3/c17-15-5-3-6-16(14(15)7-8-18)20-11-10-19-9-2-1-4-13(19)12-20/h3,5-6,13H,1-2,4,7-12,18H2. The van der Waals surface area contributed by atoms with Crippen molar-refractivity contribution in [2.24, 2.45) is 5.73 Å². The van der Waals surface area contributed by atoms with E-state index in [-0.39, 0.29) is 0 Å². The van der Waals surface area contributed by atoms with Gasteiger partial charge in [0, 0.05) is 36.4 Å². The van der Waals surface area contributed by atoms with E-state index in [1.165, 1.54) is 43.6 Å². The maximum absolute atomic E-state index is 6.37. The molecule has 3 nitrogen and oxygen atoms in total.